The molecule has 0 spiro atoms. The highest BCUT2D eigenvalue weighted by atomic mass is 16.5. The summed E-state index contributed by atoms with van der Waals surface area (Å²) < 4.78 is 5.45. The van der Waals surface area contributed by atoms with Gasteiger partial charge in [0.15, 0.2) is 0 Å². The number of benzene rings is 1. The second-order valence-corrected chi connectivity index (χ2v) is 4.55. The number of ether oxygens (including phenoxy) is 1. The van der Waals surface area contributed by atoms with E-state index in [0.717, 1.165) is 37.9 Å². The monoisotopic (exact) mass is 218 g/mol. The molecule has 0 amide bonds. The van der Waals surface area contributed by atoms with Gasteiger partial charge in [-0.1, -0.05) is 29.8 Å². The fourth-order valence-corrected chi connectivity index (χ4v) is 2.30. The molecular weight excluding hydrogens is 200 g/mol. The largest absolute Gasteiger partial charge is 0.381 e. The quantitative estimate of drug-likeness (QED) is 0.729. The third-order valence-electron chi connectivity index (χ3n) is 3.31. The van der Waals surface area contributed by atoms with Crippen molar-refractivity contribution in [2.45, 2.75) is 25.7 Å². The highest BCUT2D eigenvalue weighted by molar-refractivity contribution is 5.62. The molecule has 16 heavy (non-hydrogen) atoms. The number of aryl methyl sites for hydroxylation is 1. The molecule has 2 atom stereocenters. The molecule has 1 aromatic rings. The molecule has 2 rings (SSSR count). The highest BCUT2D eigenvalue weighted by Gasteiger charge is 2.24. The van der Waals surface area contributed by atoms with Crippen LogP contribution in [0.2, 0.25) is 0 Å². The third kappa shape index (κ3) is 2.50. The Morgan fingerprint density at radius 2 is 2.12 bits per heavy atom. The maximum Gasteiger partial charge on any atom is 0.127 e. The number of aldehydes is 1. The molecule has 0 bridgehead atoms. The van der Waals surface area contributed by atoms with Gasteiger partial charge in [0.1, 0.15) is 6.29 Å². The fraction of sp³-hybridized carbons (Fsp3) is 0.500. The topological polar surface area (TPSA) is 26.3 Å². The minimum absolute atomic E-state index is 0.000833. The lowest BCUT2D eigenvalue weighted by molar-refractivity contribution is -0.111. The average molecular weight is 218 g/mol. The van der Waals surface area contributed by atoms with Crippen molar-refractivity contribution in [1.29, 1.82) is 0 Å². The summed E-state index contributed by atoms with van der Waals surface area (Å²) in [6, 6.07) is 8.25. The van der Waals surface area contributed by atoms with Crippen molar-refractivity contribution in [2.75, 3.05) is 13.2 Å². The Bertz CT molecular complexity index is 336. The number of carbonyl (C=O) groups excluding carboxylic acids is 1. The molecule has 1 fully saturated rings. The second-order valence-electron chi connectivity index (χ2n) is 4.55. The van der Waals surface area contributed by atoms with Crippen LogP contribution in [0, 0.1) is 12.8 Å². The van der Waals surface area contributed by atoms with E-state index in [1.54, 1.807) is 0 Å². The Hall–Kier alpha value is -1.15. The Morgan fingerprint density at radius 1 is 1.38 bits per heavy atom. The molecule has 2 nitrogen and oxygen atoms in total. The van der Waals surface area contributed by atoms with Gasteiger partial charge in [0.2, 0.25) is 0 Å². The Balaban J connectivity index is 2.14. The summed E-state index contributed by atoms with van der Waals surface area (Å²) >= 11 is 0. The average Bonchev–Trinajstić information content (AvgIpc) is 2.34. The van der Waals surface area contributed by atoms with Crippen LogP contribution in [-0.2, 0) is 9.53 Å². The van der Waals surface area contributed by atoms with Gasteiger partial charge in [-0.15, -0.1) is 0 Å². The first-order chi connectivity index (χ1) is 7.81. The van der Waals surface area contributed by atoms with E-state index in [4.69, 9.17) is 4.74 Å². The SMILES string of the molecule is Cc1ccc(C(C=O)C2CCCOC2)cc1. The van der Waals surface area contributed by atoms with Crippen molar-refractivity contribution >= 4 is 6.29 Å². The molecule has 0 aromatic heterocycles. The molecule has 1 aliphatic rings. The van der Waals surface area contributed by atoms with Crippen LogP contribution in [0.5, 0.6) is 0 Å². The number of carbonyl (C=O) groups is 1. The molecule has 1 heterocycles. The minimum Gasteiger partial charge on any atom is -0.381 e. The van der Waals surface area contributed by atoms with E-state index in [-0.39, 0.29) is 5.92 Å². The van der Waals surface area contributed by atoms with Crippen LogP contribution < -0.4 is 0 Å². The van der Waals surface area contributed by atoms with Gasteiger partial charge < -0.3 is 9.53 Å². The molecule has 0 aliphatic carbocycles. The molecule has 2 unspecified atom stereocenters. The maximum absolute atomic E-state index is 11.2. The van der Waals surface area contributed by atoms with Gasteiger partial charge in [-0.05, 0) is 31.2 Å². The van der Waals surface area contributed by atoms with Gasteiger partial charge in [-0.3, -0.25) is 0 Å². The van der Waals surface area contributed by atoms with E-state index in [1.807, 2.05) is 0 Å². The van der Waals surface area contributed by atoms with Crippen molar-refractivity contribution in [2.24, 2.45) is 5.92 Å². The van der Waals surface area contributed by atoms with Crippen molar-refractivity contribution in [3.05, 3.63) is 35.4 Å². The zero-order valence-electron chi connectivity index (χ0n) is 9.69. The summed E-state index contributed by atoms with van der Waals surface area (Å²) in [6.45, 7) is 3.62. The first-order valence-electron chi connectivity index (χ1n) is 5.91. The molecule has 1 saturated heterocycles. The number of hydrogen-bond acceptors (Lipinski definition) is 2. The minimum atomic E-state index is 0.000833. The summed E-state index contributed by atoms with van der Waals surface area (Å²) in [4.78, 5) is 11.2. The van der Waals surface area contributed by atoms with Crippen LogP contribution in [0.4, 0.5) is 0 Å². The standard InChI is InChI=1S/C14H18O2/c1-11-4-6-12(7-5-11)14(9-15)13-3-2-8-16-10-13/h4-7,9,13-14H,2-3,8,10H2,1H3. The van der Waals surface area contributed by atoms with E-state index >= 15 is 0 Å². The molecule has 0 radical (unpaired) electrons. The van der Waals surface area contributed by atoms with Crippen molar-refractivity contribution in [3.63, 3.8) is 0 Å². The lowest BCUT2D eigenvalue weighted by Gasteiger charge is -2.27. The summed E-state index contributed by atoms with van der Waals surface area (Å²) in [5.74, 6) is 0.356. The molecule has 0 saturated carbocycles. The maximum atomic E-state index is 11.2. The van der Waals surface area contributed by atoms with E-state index in [0.29, 0.717) is 5.92 Å². The first kappa shape index (κ1) is 11.3. The molecule has 2 heteroatoms. The fourth-order valence-electron chi connectivity index (χ4n) is 2.30. The Labute approximate surface area is 96.6 Å². The molecule has 86 valence electrons. The summed E-state index contributed by atoms with van der Waals surface area (Å²) in [6.07, 6.45) is 3.24. The Morgan fingerprint density at radius 3 is 2.69 bits per heavy atom. The van der Waals surface area contributed by atoms with Gasteiger partial charge in [-0.25, -0.2) is 0 Å². The van der Waals surface area contributed by atoms with E-state index < -0.39 is 0 Å². The van der Waals surface area contributed by atoms with Crippen molar-refractivity contribution < 1.29 is 9.53 Å². The normalized spacial score (nSPS) is 22.7. The summed E-state index contributed by atoms with van der Waals surface area (Å²) in [5, 5.41) is 0. The predicted octanol–water partition coefficient (Wildman–Crippen LogP) is 2.70. The van der Waals surface area contributed by atoms with Crippen molar-refractivity contribution in [3.8, 4) is 0 Å². The zero-order valence-corrected chi connectivity index (χ0v) is 9.69. The van der Waals surface area contributed by atoms with E-state index in [2.05, 4.69) is 31.2 Å². The molecular formula is C14H18O2. The number of rotatable bonds is 3. The van der Waals surface area contributed by atoms with Crippen LogP contribution >= 0.6 is 0 Å². The number of hydrogen-bond donors (Lipinski definition) is 0. The zero-order chi connectivity index (χ0) is 11.4. The van der Waals surface area contributed by atoms with Crippen molar-refractivity contribution in [1.82, 2.24) is 0 Å². The Kier molecular flexibility index (Phi) is 3.73. The second kappa shape index (κ2) is 5.26. The van der Waals surface area contributed by atoms with Gasteiger partial charge in [-0.2, -0.15) is 0 Å². The van der Waals surface area contributed by atoms with E-state index in [1.165, 1.54) is 5.56 Å². The van der Waals surface area contributed by atoms with E-state index in [9.17, 15) is 4.79 Å². The van der Waals surface area contributed by atoms with Gasteiger partial charge in [0.25, 0.3) is 0 Å². The predicted molar refractivity (Wildman–Crippen MR) is 63.5 cm³/mol. The molecule has 0 N–H and O–H groups in total. The van der Waals surface area contributed by atoms with Gasteiger partial charge in [0, 0.05) is 12.5 Å². The van der Waals surface area contributed by atoms with Crippen LogP contribution in [0.15, 0.2) is 24.3 Å². The lowest BCUT2D eigenvalue weighted by atomic mass is 9.83. The van der Waals surface area contributed by atoms with Crippen LogP contribution in [-0.4, -0.2) is 19.5 Å². The molecule has 1 aliphatic heterocycles. The van der Waals surface area contributed by atoms with Crippen LogP contribution in [0.1, 0.15) is 29.9 Å². The van der Waals surface area contributed by atoms with Crippen LogP contribution in [0.25, 0.3) is 0 Å². The lowest BCUT2D eigenvalue weighted by Crippen LogP contribution is -2.24. The summed E-state index contributed by atoms with van der Waals surface area (Å²) in [7, 11) is 0. The first-order valence-corrected chi connectivity index (χ1v) is 5.91. The van der Waals surface area contributed by atoms with Gasteiger partial charge in [0.05, 0.1) is 6.61 Å². The van der Waals surface area contributed by atoms with Crippen LogP contribution in [0.3, 0.4) is 0 Å². The molecule has 1 aromatic carbocycles. The van der Waals surface area contributed by atoms with Gasteiger partial charge >= 0.3 is 0 Å². The third-order valence-corrected chi connectivity index (χ3v) is 3.31. The highest BCUT2D eigenvalue weighted by Crippen LogP contribution is 2.29. The smallest absolute Gasteiger partial charge is 0.127 e. The summed E-state index contributed by atoms with van der Waals surface area (Å²) in [5.41, 5.74) is 2.35.